The minimum absolute atomic E-state index is 0.405. The number of hydrogen-bond donors (Lipinski definition) is 0. The van der Waals surface area contributed by atoms with Gasteiger partial charge >= 0.3 is 0 Å². The van der Waals surface area contributed by atoms with Crippen LogP contribution < -0.4 is 9.47 Å². The van der Waals surface area contributed by atoms with Crippen molar-refractivity contribution in [2.45, 2.75) is 0 Å². The number of hydrogen-bond acceptors (Lipinski definition) is 4. The molecular formula is C13H11N3O2. The quantitative estimate of drug-likeness (QED) is 0.762. The maximum absolute atomic E-state index is 8.84. The van der Waals surface area contributed by atoms with E-state index in [0.29, 0.717) is 18.9 Å². The molecule has 90 valence electrons. The first-order chi connectivity index (χ1) is 8.78. The van der Waals surface area contributed by atoms with Crippen molar-refractivity contribution in [3.05, 3.63) is 30.0 Å². The van der Waals surface area contributed by atoms with Gasteiger partial charge in [-0.25, -0.2) is 0 Å². The van der Waals surface area contributed by atoms with Crippen LogP contribution in [0.2, 0.25) is 0 Å². The average molecular weight is 241 g/mol. The van der Waals surface area contributed by atoms with E-state index in [4.69, 9.17) is 14.7 Å². The summed E-state index contributed by atoms with van der Waals surface area (Å²) in [7, 11) is 1.81. The number of nitriles is 1. The number of benzene rings is 1. The third kappa shape index (κ3) is 1.68. The van der Waals surface area contributed by atoms with E-state index in [0.717, 1.165) is 22.8 Å². The fourth-order valence-corrected chi connectivity index (χ4v) is 1.99. The predicted molar refractivity (Wildman–Crippen MR) is 64.3 cm³/mol. The van der Waals surface area contributed by atoms with E-state index in [1.165, 1.54) is 0 Å². The van der Waals surface area contributed by atoms with Gasteiger partial charge in [-0.3, -0.25) is 4.68 Å². The fourth-order valence-electron chi connectivity index (χ4n) is 1.99. The molecule has 5 nitrogen and oxygen atoms in total. The van der Waals surface area contributed by atoms with Gasteiger partial charge in [0.05, 0.1) is 5.69 Å². The van der Waals surface area contributed by atoms with Crippen LogP contribution in [0, 0.1) is 11.3 Å². The van der Waals surface area contributed by atoms with E-state index in [1.54, 1.807) is 10.7 Å². The topological polar surface area (TPSA) is 60.1 Å². The zero-order valence-corrected chi connectivity index (χ0v) is 9.88. The molecule has 3 rings (SSSR count). The second kappa shape index (κ2) is 4.08. The van der Waals surface area contributed by atoms with E-state index in [1.807, 2.05) is 31.3 Å². The van der Waals surface area contributed by atoms with Crippen molar-refractivity contribution in [3.63, 3.8) is 0 Å². The molecule has 1 aliphatic rings. The van der Waals surface area contributed by atoms with Crippen LogP contribution in [0.15, 0.2) is 24.3 Å². The van der Waals surface area contributed by atoms with Crippen molar-refractivity contribution < 1.29 is 9.47 Å². The van der Waals surface area contributed by atoms with E-state index in [-0.39, 0.29) is 0 Å². The third-order valence-electron chi connectivity index (χ3n) is 2.83. The van der Waals surface area contributed by atoms with E-state index in [2.05, 4.69) is 5.10 Å². The van der Waals surface area contributed by atoms with Crippen LogP contribution in [0.1, 0.15) is 5.69 Å². The third-order valence-corrected chi connectivity index (χ3v) is 2.83. The zero-order valence-electron chi connectivity index (χ0n) is 9.88. The van der Waals surface area contributed by atoms with Gasteiger partial charge < -0.3 is 9.47 Å². The second-order valence-electron chi connectivity index (χ2n) is 4.01. The summed E-state index contributed by atoms with van der Waals surface area (Å²) in [6, 6.07) is 9.51. The smallest absolute Gasteiger partial charge is 0.163 e. The Hall–Kier alpha value is -2.48. The molecule has 0 radical (unpaired) electrons. The Morgan fingerprint density at radius 2 is 2.00 bits per heavy atom. The second-order valence-corrected chi connectivity index (χ2v) is 4.01. The Morgan fingerprint density at radius 3 is 2.72 bits per heavy atom. The van der Waals surface area contributed by atoms with E-state index < -0.39 is 0 Å². The molecule has 1 aromatic carbocycles. The van der Waals surface area contributed by atoms with Gasteiger partial charge in [-0.2, -0.15) is 10.4 Å². The summed E-state index contributed by atoms with van der Waals surface area (Å²) in [5, 5.41) is 12.9. The minimum Gasteiger partial charge on any atom is -0.486 e. The number of aryl methyl sites for hydroxylation is 1. The van der Waals surface area contributed by atoms with E-state index in [9.17, 15) is 0 Å². The van der Waals surface area contributed by atoms with Gasteiger partial charge in [-0.15, -0.1) is 0 Å². The first kappa shape index (κ1) is 10.7. The van der Waals surface area contributed by atoms with Gasteiger partial charge in [0, 0.05) is 18.7 Å². The summed E-state index contributed by atoms with van der Waals surface area (Å²) >= 11 is 0. The first-order valence-corrected chi connectivity index (χ1v) is 5.62. The van der Waals surface area contributed by atoms with Gasteiger partial charge in [0.15, 0.2) is 17.2 Å². The number of aromatic nitrogens is 2. The Balaban J connectivity index is 2.06. The van der Waals surface area contributed by atoms with Crippen LogP contribution >= 0.6 is 0 Å². The molecule has 0 saturated carbocycles. The fraction of sp³-hybridized carbons (Fsp3) is 0.231. The van der Waals surface area contributed by atoms with Gasteiger partial charge in [0.25, 0.3) is 0 Å². The van der Waals surface area contributed by atoms with Gasteiger partial charge in [-0.1, -0.05) is 0 Å². The van der Waals surface area contributed by atoms with Crippen molar-refractivity contribution in [1.82, 2.24) is 9.78 Å². The molecule has 2 aromatic rings. The number of nitrogens with zero attached hydrogens (tertiary/aromatic N) is 3. The largest absolute Gasteiger partial charge is 0.486 e. The van der Waals surface area contributed by atoms with Crippen LogP contribution in [0.3, 0.4) is 0 Å². The monoisotopic (exact) mass is 241 g/mol. The van der Waals surface area contributed by atoms with Crippen LogP contribution in [-0.2, 0) is 7.05 Å². The van der Waals surface area contributed by atoms with Crippen LogP contribution in [0.25, 0.3) is 11.3 Å². The summed E-state index contributed by atoms with van der Waals surface area (Å²) < 4.78 is 12.7. The molecule has 0 bridgehead atoms. The Bertz CT molecular complexity index is 640. The number of ether oxygens (including phenoxy) is 2. The molecule has 0 atom stereocenters. The van der Waals surface area contributed by atoms with Crippen molar-refractivity contribution in [1.29, 1.82) is 5.26 Å². The summed E-state index contributed by atoms with van der Waals surface area (Å²) in [5.74, 6) is 1.49. The molecule has 1 aromatic heterocycles. The molecule has 0 saturated heterocycles. The summed E-state index contributed by atoms with van der Waals surface area (Å²) in [4.78, 5) is 0. The highest BCUT2D eigenvalue weighted by Gasteiger charge is 2.14. The highest BCUT2D eigenvalue weighted by atomic mass is 16.6. The van der Waals surface area contributed by atoms with E-state index >= 15 is 0 Å². The van der Waals surface area contributed by atoms with Gasteiger partial charge in [-0.05, 0) is 18.2 Å². The lowest BCUT2D eigenvalue weighted by atomic mass is 10.1. The molecule has 18 heavy (non-hydrogen) atoms. The normalized spacial score (nSPS) is 13.1. The molecule has 0 N–H and O–H groups in total. The first-order valence-electron chi connectivity index (χ1n) is 5.62. The van der Waals surface area contributed by atoms with Crippen molar-refractivity contribution in [2.75, 3.05) is 13.2 Å². The molecule has 0 fully saturated rings. The summed E-state index contributed by atoms with van der Waals surface area (Å²) in [6.45, 7) is 1.14. The molecule has 0 unspecified atom stereocenters. The van der Waals surface area contributed by atoms with Crippen LogP contribution in [0.4, 0.5) is 0 Å². The standard InChI is InChI=1S/C13H11N3O2/c1-16-11(7-10(8-14)15-16)9-2-3-12-13(6-9)18-5-4-17-12/h2-3,6-7H,4-5H2,1H3. The Labute approximate surface area is 104 Å². The minimum atomic E-state index is 0.405. The van der Waals surface area contributed by atoms with Crippen LogP contribution in [-0.4, -0.2) is 23.0 Å². The maximum Gasteiger partial charge on any atom is 0.163 e. The van der Waals surface area contributed by atoms with Crippen molar-refractivity contribution in [2.24, 2.45) is 7.05 Å². The predicted octanol–water partition coefficient (Wildman–Crippen LogP) is 1.73. The molecule has 0 aliphatic carbocycles. The highest BCUT2D eigenvalue weighted by molar-refractivity contribution is 5.65. The Morgan fingerprint density at radius 1 is 1.22 bits per heavy atom. The maximum atomic E-state index is 8.84. The summed E-state index contributed by atoms with van der Waals surface area (Å²) in [6.07, 6.45) is 0. The highest BCUT2D eigenvalue weighted by Crippen LogP contribution is 2.34. The number of fused-ring (bicyclic) bond motifs is 1. The molecule has 0 amide bonds. The zero-order chi connectivity index (χ0) is 12.5. The van der Waals surface area contributed by atoms with Gasteiger partial charge in [0.1, 0.15) is 19.3 Å². The van der Waals surface area contributed by atoms with Gasteiger partial charge in [0.2, 0.25) is 0 Å². The molecule has 5 heteroatoms. The Kier molecular flexibility index (Phi) is 2.41. The SMILES string of the molecule is Cn1nc(C#N)cc1-c1ccc2c(c1)OCCO2. The van der Waals surface area contributed by atoms with Crippen molar-refractivity contribution in [3.8, 4) is 28.8 Å². The lowest BCUT2D eigenvalue weighted by Gasteiger charge is -2.18. The molecule has 0 spiro atoms. The lowest BCUT2D eigenvalue weighted by molar-refractivity contribution is 0.171. The summed E-state index contributed by atoms with van der Waals surface area (Å²) in [5.41, 5.74) is 2.24. The molecule has 1 aliphatic heterocycles. The lowest BCUT2D eigenvalue weighted by Crippen LogP contribution is -2.15. The van der Waals surface area contributed by atoms with Crippen LogP contribution in [0.5, 0.6) is 11.5 Å². The average Bonchev–Trinajstić information content (AvgIpc) is 2.79. The number of rotatable bonds is 1. The molecular weight excluding hydrogens is 230 g/mol. The van der Waals surface area contributed by atoms with Crippen molar-refractivity contribution >= 4 is 0 Å². The molecule has 2 heterocycles.